The van der Waals surface area contributed by atoms with Gasteiger partial charge in [-0.1, -0.05) is 0 Å². The highest BCUT2D eigenvalue weighted by molar-refractivity contribution is 8.00. The maximum atomic E-state index is 12.5. The molecule has 1 N–H and O–H groups in total. The Morgan fingerprint density at radius 3 is 3.07 bits per heavy atom. The van der Waals surface area contributed by atoms with E-state index in [1.54, 1.807) is 11.8 Å². The molecule has 1 unspecified atom stereocenters. The van der Waals surface area contributed by atoms with Crippen LogP contribution in [0.25, 0.3) is 0 Å². The van der Waals surface area contributed by atoms with Gasteiger partial charge in [-0.15, -0.1) is 11.8 Å². The van der Waals surface area contributed by atoms with Crippen LogP contribution in [0.4, 0.5) is 10.1 Å². The number of halogens is 1. The lowest BCUT2D eigenvalue weighted by Crippen LogP contribution is -2.22. The van der Waals surface area contributed by atoms with Crippen molar-refractivity contribution in [3.8, 4) is 0 Å². The topological polar surface area (TPSA) is 42.0 Å². The number of nitrogens with one attached hydrogen (secondary N) is 1. The molecule has 0 aromatic carbocycles. The normalized spacial score (nSPS) is 20.2. The van der Waals surface area contributed by atoms with E-state index in [2.05, 4.69) is 10.3 Å². The molecule has 2 heterocycles. The number of carbonyl (C=O) groups is 1. The second-order valence-electron chi connectivity index (χ2n) is 3.36. The van der Waals surface area contributed by atoms with Gasteiger partial charge in [0.1, 0.15) is 0 Å². The predicted octanol–water partition coefficient (Wildman–Crippen LogP) is 2.05. The quantitative estimate of drug-likeness (QED) is 0.785. The number of anilines is 1. The summed E-state index contributed by atoms with van der Waals surface area (Å²) in [5.41, 5.74) is 0.550. The van der Waals surface area contributed by atoms with E-state index >= 15 is 0 Å². The zero-order chi connectivity index (χ0) is 10.7. The molecule has 1 fully saturated rings. The number of nitrogens with zero attached hydrogens (tertiary/aromatic N) is 1. The summed E-state index contributed by atoms with van der Waals surface area (Å²) in [6.45, 7) is 0. The largest absolute Gasteiger partial charge is 0.324 e. The molecule has 1 saturated heterocycles. The van der Waals surface area contributed by atoms with Gasteiger partial charge in [0.25, 0.3) is 0 Å². The molecule has 3 nitrogen and oxygen atoms in total. The second-order valence-corrected chi connectivity index (χ2v) is 4.67. The van der Waals surface area contributed by atoms with Gasteiger partial charge in [0.2, 0.25) is 11.9 Å². The Labute approximate surface area is 91.5 Å². The van der Waals surface area contributed by atoms with Gasteiger partial charge in [-0.05, 0) is 30.7 Å². The van der Waals surface area contributed by atoms with Crippen molar-refractivity contribution < 1.29 is 9.18 Å². The highest BCUT2D eigenvalue weighted by Gasteiger charge is 2.23. The molecule has 1 aliphatic heterocycles. The molecule has 0 saturated carbocycles. The molecule has 1 aromatic rings. The molecule has 2 rings (SSSR count). The molecule has 0 bridgehead atoms. The number of hydrogen-bond donors (Lipinski definition) is 1. The molecular formula is C10H11FN2OS. The van der Waals surface area contributed by atoms with E-state index in [1.165, 1.54) is 18.3 Å². The summed E-state index contributed by atoms with van der Waals surface area (Å²) in [6.07, 6.45) is 3.34. The second kappa shape index (κ2) is 4.61. The summed E-state index contributed by atoms with van der Waals surface area (Å²) in [6, 6.07) is 2.75. The highest BCUT2D eigenvalue weighted by Crippen LogP contribution is 2.27. The monoisotopic (exact) mass is 226 g/mol. The minimum atomic E-state index is -0.539. The number of carbonyl (C=O) groups excluding carboxylic acids is 1. The van der Waals surface area contributed by atoms with E-state index in [1.807, 2.05) is 0 Å². The summed E-state index contributed by atoms with van der Waals surface area (Å²) in [7, 11) is 0. The number of aromatic nitrogens is 1. The lowest BCUT2D eigenvalue weighted by atomic mass is 10.2. The molecule has 0 radical (unpaired) electrons. The van der Waals surface area contributed by atoms with Gasteiger partial charge in [-0.25, -0.2) is 4.98 Å². The summed E-state index contributed by atoms with van der Waals surface area (Å²) >= 11 is 1.67. The fourth-order valence-corrected chi connectivity index (χ4v) is 2.62. The summed E-state index contributed by atoms with van der Waals surface area (Å²) < 4.78 is 12.5. The Hall–Kier alpha value is -1.10. The van der Waals surface area contributed by atoms with Crippen LogP contribution in [0.5, 0.6) is 0 Å². The first-order valence-electron chi connectivity index (χ1n) is 4.80. The molecule has 1 atom stereocenters. The average Bonchev–Trinajstić information content (AvgIpc) is 2.74. The van der Waals surface area contributed by atoms with Crippen LogP contribution < -0.4 is 5.32 Å². The number of rotatable bonds is 2. The maximum Gasteiger partial charge on any atom is 0.237 e. The van der Waals surface area contributed by atoms with Gasteiger partial charge in [0, 0.05) is 0 Å². The van der Waals surface area contributed by atoms with Crippen LogP contribution in [0.2, 0.25) is 0 Å². The first-order valence-corrected chi connectivity index (χ1v) is 5.84. The molecule has 0 aliphatic carbocycles. The molecule has 0 spiro atoms. The number of hydrogen-bond acceptors (Lipinski definition) is 3. The fraction of sp³-hybridized carbons (Fsp3) is 0.400. The summed E-state index contributed by atoms with van der Waals surface area (Å²) in [5.74, 6) is 0.494. The third kappa shape index (κ3) is 2.68. The van der Waals surface area contributed by atoms with E-state index in [4.69, 9.17) is 0 Å². The van der Waals surface area contributed by atoms with Gasteiger partial charge >= 0.3 is 0 Å². The molecule has 1 amide bonds. The Morgan fingerprint density at radius 2 is 2.47 bits per heavy atom. The zero-order valence-electron chi connectivity index (χ0n) is 8.07. The minimum absolute atomic E-state index is 0.00842. The van der Waals surface area contributed by atoms with Crippen molar-refractivity contribution >= 4 is 23.4 Å². The van der Waals surface area contributed by atoms with Gasteiger partial charge in [0.05, 0.1) is 17.1 Å². The fourth-order valence-electron chi connectivity index (χ4n) is 1.46. The van der Waals surface area contributed by atoms with Crippen molar-refractivity contribution in [1.29, 1.82) is 0 Å². The molecule has 80 valence electrons. The van der Waals surface area contributed by atoms with Crippen molar-refractivity contribution in [2.24, 2.45) is 0 Å². The van der Waals surface area contributed by atoms with Crippen LogP contribution in [0.1, 0.15) is 12.8 Å². The standard InChI is InChI=1S/C10H11FN2OS/c11-9-4-3-7(6-12-9)13-10(14)8-2-1-5-15-8/h3-4,6,8H,1-2,5H2,(H,13,14). The van der Waals surface area contributed by atoms with Gasteiger partial charge in [-0.2, -0.15) is 4.39 Å². The third-order valence-corrected chi connectivity index (χ3v) is 3.59. The molecule has 5 heteroatoms. The Balaban J connectivity index is 1.96. The highest BCUT2D eigenvalue weighted by atomic mass is 32.2. The SMILES string of the molecule is O=C(Nc1ccc(F)nc1)C1CCCS1. The van der Waals surface area contributed by atoms with Crippen LogP contribution in [-0.2, 0) is 4.79 Å². The zero-order valence-corrected chi connectivity index (χ0v) is 8.89. The third-order valence-electron chi connectivity index (χ3n) is 2.22. The first kappa shape index (κ1) is 10.4. The van der Waals surface area contributed by atoms with Crippen LogP contribution in [0.15, 0.2) is 18.3 Å². The molecule has 1 aromatic heterocycles. The molecule has 1 aliphatic rings. The molecular weight excluding hydrogens is 215 g/mol. The first-order chi connectivity index (χ1) is 7.25. The number of thioether (sulfide) groups is 1. The van der Waals surface area contributed by atoms with Crippen molar-refractivity contribution in [3.05, 3.63) is 24.3 Å². The smallest absolute Gasteiger partial charge is 0.237 e. The van der Waals surface area contributed by atoms with E-state index in [-0.39, 0.29) is 11.2 Å². The minimum Gasteiger partial charge on any atom is -0.324 e. The number of pyridine rings is 1. The van der Waals surface area contributed by atoms with Gasteiger partial charge < -0.3 is 5.32 Å². The summed E-state index contributed by atoms with van der Waals surface area (Å²) in [4.78, 5) is 15.1. The van der Waals surface area contributed by atoms with Crippen LogP contribution in [0.3, 0.4) is 0 Å². The predicted molar refractivity (Wildman–Crippen MR) is 58.3 cm³/mol. The van der Waals surface area contributed by atoms with Gasteiger partial charge in [-0.3, -0.25) is 4.79 Å². The lowest BCUT2D eigenvalue weighted by Gasteiger charge is -2.09. The molecule has 15 heavy (non-hydrogen) atoms. The average molecular weight is 226 g/mol. The van der Waals surface area contributed by atoms with Crippen molar-refractivity contribution in [2.45, 2.75) is 18.1 Å². The van der Waals surface area contributed by atoms with E-state index in [0.717, 1.165) is 18.6 Å². The Morgan fingerprint density at radius 1 is 1.60 bits per heavy atom. The maximum absolute atomic E-state index is 12.5. The van der Waals surface area contributed by atoms with Gasteiger partial charge in [0.15, 0.2) is 0 Å². The Bertz CT molecular complexity index is 349. The summed E-state index contributed by atoms with van der Waals surface area (Å²) in [5, 5.41) is 2.76. The number of amides is 1. The van der Waals surface area contributed by atoms with Crippen molar-refractivity contribution in [3.63, 3.8) is 0 Å². The van der Waals surface area contributed by atoms with Crippen LogP contribution >= 0.6 is 11.8 Å². The van der Waals surface area contributed by atoms with E-state index < -0.39 is 5.95 Å². The Kier molecular flexibility index (Phi) is 3.20. The lowest BCUT2D eigenvalue weighted by molar-refractivity contribution is -0.115. The van der Waals surface area contributed by atoms with Crippen molar-refractivity contribution in [1.82, 2.24) is 4.98 Å². The van der Waals surface area contributed by atoms with Crippen LogP contribution in [-0.4, -0.2) is 21.9 Å². The van der Waals surface area contributed by atoms with E-state index in [0.29, 0.717) is 5.69 Å². The van der Waals surface area contributed by atoms with Crippen LogP contribution in [0, 0.1) is 5.95 Å². The van der Waals surface area contributed by atoms with E-state index in [9.17, 15) is 9.18 Å². The van der Waals surface area contributed by atoms with Crippen molar-refractivity contribution in [2.75, 3.05) is 11.1 Å².